The van der Waals surface area contributed by atoms with Crippen molar-refractivity contribution in [2.24, 2.45) is 0 Å². The summed E-state index contributed by atoms with van der Waals surface area (Å²) in [6, 6.07) is 11.4. The first-order chi connectivity index (χ1) is 11.0. The van der Waals surface area contributed by atoms with Crippen LogP contribution in [0.5, 0.6) is 0 Å². The van der Waals surface area contributed by atoms with Crippen molar-refractivity contribution in [3.05, 3.63) is 46.7 Å². The third-order valence-electron chi connectivity index (χ3n) is 3.42. The summed E-state index contributed by atoms with van der Waals surface area (Å²) in [5.74, 6) is -0.153. The maximum absolute atomic E-state index is 11.9. The lowest BCUT2D eigenvalue weighted by Gasteiger charge is -2.22. The Hall–Kier alpha value is -2.34. The van der Waals surface area contributed by atoms with Gasteiger partial charge in [0.25, 0.3) is 5.91 Å². The minimum absolute atomic E-state index is 0.0482. The van der Waals surface area contributed by atoms with Crippen LogP contribution in [0.15, 0.2) is 41.8 Å². The van der Waals surface area contributed by atoms with Crippen molar-refractivity contribution in [3.8, 4) is 0 Å². The first kappa shape index (κ1) is 17.0. The largest absolute Gasteiger partial charge is 0.378 e. The van der Waals surface area contributed by atoms with Gasteiger partial charge >= 0.3 is 0 Å². The fourth-order valence-corrected chi connectivity index (χ4v) is 2.82. The summed E-state index contributed by atoms with van der Waals surface area (Å²) in [4.78, 5) is 28.1. The first-order valence-corrected chi connectivity index (χ1v) is 8.24. The molecule has 0 saturated carbocycles. The Bertz CT molecular complexity index is 651. The molecule has 0 aliphatic heterocycles. The van der Waals surface area contributed by atoms with Gasteiger partial charge in [0.05, 0.1) is 4.88 Å². The van der Waals surface area contributed by atoms with Crippen LogP contribution in [0, 0.1) is 0 Å². The highest BCUT2D eigenvalue weighted by Crippen LogP contribution is 2.19. The maximum Gasteiger partial charge on any atom is 0.261 e. The van der Waals surface area contributed by atoms with Gasteiger partial charge in [0, 0.05) is 45.5 Å². The van der Waals surface area contributed by atoms with Crippen LogP contribution < -0.4 is 15.1 Å². The summed E-state index contributed by atoms with van der Waals surface area (Å²) < 4.78 is 0. The van der Waals surface area contributed by atoms with Crippen LogP contribution in [0.4, 0.5) is 11.4 Å². The van der Waals surface area contributed by atoms with Crippen molar-refractivity contribution >= 4 is 34.5 Å². The van der Waals surface area contributed by atoms with E-state index < -0.39 is 0 Å². The average Bonchev–Trinajstić information content (AvgIpc) is 3.05. The van der Waals surface area contributed by atoms with Crippen molar-refractivity contribution in [1.82, 2.24) is 5.32 Å². The third kappa shape index (κ3) is 4.56. The number of amides is 2. The molecule has 6 heteroatoms. The number of benzene rings is 1. The van der Waals surface area contributed by atoms with Crippen LogP contribution in [0.2, 0.25) is 0 Å². The lowest BCUT2D eigenvalue weighted by atomic mass is 10.2. The third-order valence-corrected chi connectivity index (χ3v) is 4.29. The number of rotatable bonds is 6. The van der Waals surface area contributed by atoms with Crippen molar-refractivity contribution < 1.29 is 9.59 Å². The number of carbonyl (C=O) groups excluding carboxylic acids is 2. The van der Waals surface area contributed by atoms with Crippen LogP contribution in [0.3, 0.4) is 0 Å². The van der Waals surface area contributed by atoms with Gasteiger partial charge in [-0.05, 0) is 35.7 Å². The van der Waals surface area contributed by atoms with Crippen molar-refractivity contribution in [1.29, 1.82) is 0 Å². The number of thiophene rings is 1. The predicted octanol–water partition coefficient (Wildman–Crippen LogP) is 2.60. The Labute approximate surface area is 140 Å². The molecule has 0 fully saturated rings. The lowest BCUT2D eigenvalue weighted by Crippen LogP contribution is -2.37. The molecule has 2 amide bonds. The highest BCUT2D eigenvalue weighted by molar-refractivity contribution is 7.12. The van der Waals surface area contributed by atoms with Gasteiger partial charge < -0.3 is 15.1 Å². The molecule has 0 saturated heterocycles. The Morgan fingerprint density at radius 2 is 1.74 bits per heavy atom. The molecule has 23 heavy (non-hydrogen) atoms. The Kier molecular flexibility index (Phi) is 5.76. The average molecular weight is 331 g/mol. The minimum atomic E-state index is -0.105. The number of nitrogens with zero attached hydrogens (tertiary/aromatic N) is 2. The number of hydrogen-bond donors (Lipinski definition) is 1. The van der Waals surface area contributed by atoms with E-state index >= 15 is 0 Å². The Balaban J connectivity index is 1.96. The SMILES string of the molecule is CC(=O)N(CCNC(=O)c1cccs1)c1ccc(N(C)C)cc1. The van der Waals surface area contributed by atoms with Gasteiger partial charge in [-0.1, -0.05) is 6.07 Å². The molecule has 122 valence electrons. The molecular formula is C17H21N3O2S. The molecule has 0 aliphatic rings. The van der Waals surface area contributed by atoms with Gasteiger partial charge in [-0.25, -0.2) is 0 Å². The van der Waals surface area contributed by atoms with Crippen molar-refractivity contribution in [2.75, 3.05) is 37.0 Å². The van der Waals surface area contributed by atoms with E-state index in [-0.39, 0.29) is 11.8 Å². The molecule has 0 aliphatic carbocycles. The predicted molar refractivity (Wildman–Crippen MR) is 95.4 cm³/mol. The van der Waals surface area contributed by atoms with Crippen LogP contribution >= 0.6 is 11.3 Å². The molecule has 5 nitrogen and oxygen atoms in total. The van der Waals surface area contributed by atoms with Gasteiger partial charge in [-0.15, -0.1) is 11.3 Å². The van der Waals surface area contributed by atoms with Gasteiger partial charge in [0.1, 0.15) is 0 Å². The summed E-state index contributed by atoms with van der Waals surface area (Å²) in [5, 5.41) is 4.70. The normalized spacial score (nSPS) is 10.2. The first-order valence-electron chi connectivity index (χ1n) is 7.36. The molecule has 1 N–H and O–H groups in total. The maximum atomic E-state index is 11.9. The zero-order valence-electron chi connectivity index (χ0n) is 13.6. The number of carbonyl (C=O) groups is 2. The molecular weight excluding hydrogens is 310 g/mol. The Morgan fingerprint density at radius 3 is 2.26 bits per heavy atom. The molecule has 1 heterocycles. The fraction of sp³-hybridized carbons (Fsp3) is 0.294. The second-order valence-electron chi connectivity index (χ2n) is 5.31. The molecule has 1 aromatic carbocycles. The van der Waals surface area contributed by atoms with Gasteiger partial charge in [0.2, 0.25) is 5.91 Å². The van der Waals surface area contributed by atoms with Crippen LogP contribution in [-0.2, 0) is 4.79 Å². The molecule has 2 rings (SSSR count). The zero-order valence-corrected chi connectivity index (χ0v) is 14.4. The quantitative estimate of drug-likeness (QED) is 0.885. The van der Waals surface area contributed by atoms with E-state index in [2.05, 4.69) is 5.32 Å². The minimum Gasteiger partial charge on any atom is -0.378 e. The summed E-state index contributed by atoms with van der Waals surface area (Å²) in [7, 11) is 3.94. The highest BCUT2D eigenvalue weighted by Gasteiger charge is 2.12. The monoisotopic (exact) mass is 331 g/mol. The van der Waals surface area contributed by atoms with E-state index in [0.717, 1.165) is 11.4 Å². The summed E-state index contributed by atoms with van der Waals surface area (Å²) >= 11 is 1.40. The second kappa shape index (κ2) is 7.78. The van der Waals surface area contributed by atoms with Crippen LogP contribution in [0.1, 0.15) is 16.6 Å². The van der Waals surface area contributed by atoms with E-state index in [1.807, 2.05) is 54.7 Å². The van der Waals surface area contributed by atoms with E-state index in [1.54, 1.807) is 11.0 Å². The van der Waals surface area contributed by atoms with E-state index in [1.165, 1.54) is 18.3 Å². The highest BCUT2D eigenvalue weighted by atomic mass is 32.1. The molecule has 0 unspecified atom stereocenters. The summed E-state index contributed by atoms with van der Waals surface area (Å²) in [5.41, 5.74) is 1.90. The smallest absolute Gasteiger partial charge is 0.261 e. The Morgan fingerprint density at radius 1 is 1.09 bits per heavy atom. The molecule has 2 aromatic rings. The number of hydrogen-bond acceptors (Lipinski definition) is 4. The van der Waals surface area contributed by atoms with E-state index in [0.29, 0.717) is 18.0 Å². The number of anilines is 2. The molecule has 0 atom stereocenters. The summed E-state index contributed by atoms with van der Waals surface area (Å²) in [6.07, 6.45) is 0. The van der Waals surface area contributed by atoms with E-state index in [4.69, 9.17) is 0 Å². The summed E-state index contributed by atoms with van der Waals surface area (Å²) in [6.45, 7) is 2.38. The van der Waals surface area contributed by atoms with Gasteiger partial charge in [-0.3, -0.25) is 9.59 Å². The molecule has 0 radical (unpaired) electrons. The van der Waals surface area contributed by atoms with E-state index in [9.17, 15) is 9.59 Å². The second-order valence-corrected chi connectivity index (χ2v) is 6.26. The van der Waals surface area contributed by atoms with Crippen LogP contribution in [0.25, 0.3) is 0 Å². The lowest BCUT2D eigenvalue weighted by molar-refractivity contribution is -0.116. The standard InChI is InChI=1S/C17H21N3O2S/c1-13(21)20(15-8-6-14(7-9-15)19(2)3)11-10-18-17(22)16-5-4-12-23-16/h4-9,12H,10-11H2,1-3H3,(H,18,22). The molecule has 0 spiro atoms. The van der Waals surface area contributed by atoms with Gasteiger partial charge in [0.15, 0.2) is 0 Å². The fourth-order valence-electron chi connectivity index (χ4n) is 2.18. The van der Waals surface area contributed by atoms with Crippen molar-refractivity contribution in [2.45, 2.75) is 6.92 Å². The topological polar surface area (TPSA) is 52.7 Å². The van der Waals surface area contributed by atoms with Gasteiger partial charge in [-0.2, -0.15) is 0 Å². The number of nitrogens with one attached hydrogen (secondary N) is 1. The van der Waals surface area contributed by atoms with Crippen molar-refractivity contribution in [3.63, 3.8) is 0 Å². The zero-order chi connectivity index (χ0) is 16.8. The molecule has 1 aromatic heterocycles. The van der Waals surface area contributed by atoms with Crippen LogP contribution in [-0.4, -0.2) is 39.0 Å². The molecule has 0 bridgehead atoms.